The van der Waals surface area contributed by atoms with Gasteiger partial charge in [0.15, 0.2) is 5.82 Å². The maximum Gasteiger partial charge on any atom is 0.329 e. The lowest BCUT2D eigenvalue weighted by atomic mass is 9.92. The van der Waals surface area contributed by atoms with Gasteiger partial charge >= 0.3 is 5.97 Å². The van der Waals surface area contributed by atoms with E-state index in [1.165, 1.54) is 6.20 Å². The Morgan fingerprint density at radius 2 is 2.12 bits per heavy atom. The lowest BCUT2D eigenvalue weighted by Gasteiger charge is -2.38. The van der Waals surface area contributed by atoms with E-state index in [-0.39, 0.29) is 5.97 Å². The van der Waals surface area contributed by atoms with Gasteiger partial charge in [0, 0.05) is 30.4 Å². The van der Waals surface area contributed by atoms with E-state index in [1.807, 2.05) is 29.2 Å². The van der Waals surface area contributed by atoms with Crippen molar-refractivity contribution in [2.24, 2.45) is 0 Å². The summed E-state index contributed by atoms with van der Waals surface area (Å²) in [6, 6.07) is 8.99. The number of carbonyl (C=O) groups is 1. The summed E-state index contributed by atoms with van der Waals surface area (Å²) in [4.78, 5) is 18.0. The van der Waals surface area contributed by atoms with E-state index < -0.39 is 11.9 Å². The highest BCUT2D eigenvalue weighted by atomic mass is 19.1. The third kappa shape index (κ3) is 3.02. The molecule has 3 rings (SSSR count). The third-order valence-corrected chi connectivity index (χ3v) is 4.24. The zero-order valence-corrected chi connectivity index (χ0v) is 13.5. The molecule has 0 saturated carbocycles. The lowest BCUT2D eigenvalue weighted by Crippen LogP contribution is -2.45. The van der Waals surface area contributed by atoms with Crippen LogP contribution < -0.4 is 0 Å². The van der Waals surface area contributed by atoms with Crippen molar-refractivity contribution in [3.05, 3.63) is 71.8 Å². The van der Waals surface area contributed by atoms with Crippen LogP contribution in [-0.2, 0) is 22.5 Å². The number of fused-ring (bicyclic) bond motifs is 1. The number of benzene rings is 1. The van der Waals surface area contributed by atoms with Gasteiger partial charge in [-0.25, -0.2) is 9.18 Å². The van der Waals surface area contributed by atoms with Gasteiger partial charge in [-0.3, -0.25) is 4.98 Å². The monoisotopic (exact) mass is 326 g/mol. The molecule has 0 spiro atoms. The fourth-order valence-electron chi connectivity index (χ4n) is 3.02. The predicted octanol–water partition coefficient (Wildman–Crippen LogP) is 3.18. The standard InChI is InChI=1S/C19H19FN2O2/c1-3-24-19(23)18-10-14-6-4-5-7-15(14)12-22(18)13(2)16-8-9-21-11-17(16)20/h4-9,11,18H,2-3,10,12H2,1H3. The molecule has 1 aliphatic heterocycles. The summed E-state index contributed by atoms with van der Waals surface area (Å²) >= 11 is 0. The molecule has 1 aromatic heterocycles. The molecule has 0 N–H and O–H groups in total. The Labute approximate surface area is 140 Å². The van der Waals surface area contributed by atoms with Crippen LogP contribution in [0.4, 0.5) is 4.39 Å². The molecule has 2 aromatic rings. The fourth-order valence-corrected chi connectivity index (χ4v) is 3.02. The Balaban J connectivity index is 1.97. The third-order valence-electron chi connectivity index (χ3n) is 4.24. The van der Waals surface area contributed by atoms with Gasteiger partial charge in [-0.1, -0.05) is 30.8 Å². The highest BCUT2D eigenvalue weighted by Crippen LogP contribution is 2.31. The van der Waals surface area contributed by atoms with E-state index in [1.54, 1.807) is 13.0 Å². The Morgan fingerprint density at radius 3 is 2.83 bits per heavy atom. The van der Waals surface area contributed by atoms with Crippen molar-refractivity contribution >= 4 is 11.7 Å². The number of pyridine rings is 1. The molecule has 0 saturated heterocycles. The predicted molar refractivity (Wildman–Crippen MR) is 89.3 cm³/mol. The first kappa shape index (κ1) is 16.2. The van der Waals surface area contributed by atoms with Crippen LogP contribution in [0, 0.1) is 5.82 Å². The molecule has 24 heavy (non-hydrogen) atoms. The number of hydrogen-bond donors (Lipinski definition) is 0. The van der Waals surface area contributed by atoms with Crippen LogP contribution in [0.2, 0.25) is 0 Å². The van der Waals surface area contributed by atoms with Crippen molar-refractivity contribution in [3.63, 3.8) is 0 Å². The largest absolute Gasteiger partial charge is 0.464 e. The molecule has 0 bridgehead atoms. The summed E-state index contributed by atoms with van der Waals surface area (Å²) in [5.41, 5.74) is 3.02. The number of nitrogens with zero attached hydrogens (tertiary/aromatic N) is 2. The molecule has 1 aromatic carbocycles. The quantitative estimate of drug-likeness (QED) is 0.809. The van der Waals surface area contributed by atoms with Gasteiger partial charge in [0.05, 0.1) is 12.8 Å². The molecule has 1 unspecified atom stereocenters. The van der Waals surface area contributed by atoms with Crippen molar-refractivity contribution in [2.45, 2.75) is 25.9 Å². The first-order valence-electron chi connectivity index (χ1n) is 7.90. The van der Waals surface area contributed by atoms with Gasteiger partial charge in [0.1, 0.15) is 6.04 Å². The SMILES string of the molecule is C=C(c1ccncc1F)N1Cc2ccccc2CC1C(=O)OCC. The second-order valence-electron chi connectivity index (χ2n) is 5.67. The summed E-state index contributed by atoms with van der Waals surface area (Å²) in [6.07, 6.45) is 3.18. The van der Waals surface area contributed by atoms with Crippen LogP contribution in [0.3, 0.4) is 0 Å². The second-order valence-corrected chi connectivity index (χ2v) is 5.67. The number of rotatable bonds is 4. The van der Waals surface area contributed by atoms with Gasteiger partial charge in [-0.05, 0) is 24.1 Å². The summed E-state index contributed by atoms with van der Waals surface area (Å²) in [5.74, 6) is -0.772. The first-order valence-corrected chi connectivity index (χ1v) is 7.90. The van der Waals surface area contributed by atoms with Gasteiger partial charge in [-0.2, -0.15) is 0 Å². The summed E-state index contributed by atoms with van der Waals surface area (Å²) in [5, 5.41) is 0. The van der Waals surface area contributed by atoms with E-state index in [4.69, 9.17) is 4.74 Å². The van der Waals surface area contributed by atoms with Gasteiger partial charge in [-0.15, -0.1) is 0 Å². The molecule has 124 valence electrons. The molecule has 0 aliphatic carbocycles. The van der Waals surface area contributed by atoms with E-state index in [0.717, 1.165) is 17.3 Å². The van der Waals surface area contributed by atoms with Crippen molar-refractivity contribution in [1.82, 2.24) is 9.88 Å². The average Bonchev–Trinajstić information content (AvgIpc) is 2.60. The topological polar surface area (TPSA) is 42.4 Å². The molecule has 1 aliphatic rings. The minimum atomic E-state index is -0.514. The minimum Gasteiger partial charge on any atom is -0.464 e. The normalized spacial score (nSPS) is 16.4. The minimum absolute atomic E-state index is 0.306. The molecule has 0 amide bonds. The van der Waals surface area contributed by atoms with Gasteiger partial charge in [0.25, 0.3) is 0 Å². The van der Waals surface area contributed by atoms with Crippen LogP contribution in [0.25, 0.3) is 5.70 Å². The Bertz CT molecular complexity index is 775. The summed E-state index contributed by atoms with van der Waals surface area (Å²) in [7, 11) is 0. The maximum absolute atomic E-state index is 14.1. The Kier molecular flexibility index (Phi) is 4.60. The Morgan fingerprint density at radius 1 is 1.38 bits per heavy atom. The lowest BCUT2D eigenvalue weighted by molar-refractivity contribution is -0.148. The smallest absolute Gasteiger partial charge is 0.329 e. The first-order chi connectivity index (χ1) is 11.6. The van der Waals surface area contributed by atoms with Gasteiger partial charge < -0.3 is 9.64 Å². The van der Waals surface area contributed by atoms with Crippen molar-refractivity contribution in [1.29, 1.82) is 0 Å². The van der Waals surface area contributed by atoms with Gasteiger partial charge in [0.2, 0.25) is 0 Å². The van der Waals surface area contributed by atoms with E-state index in [2.05, 4.69) is 11.6 Å². The average molecular weight is 326 g/mol. The summed E-state index contributed by atoms with van der Waals surface area (Å²) < 4.78 is 19.3. The number of carbonyl (C=O) groups excluding carboxylic acids is 1. The highest BCUT2D eigenvalue weighted by molar-refractivity contribution is 5.79. The Hall–Kier alpha value is -2.69. The zero-order chi connectivity index (χ0) is 17.1. The molecule has 1 atom stereocenters. The highest BCUT2D eigenvalue weighted by Gasteiger charge is 2.34. The van der Waals surface area contributed by atoms with E-state index in [0.29, 0.717) is 30.8 Å². The molecule has 0 radical (unpaired) electrons. The fraction of sp³-hybridized carbons (Fsp3) is 0.263. The second kappa shape index (κ2) is 6.83. The molecule has 4 nitrogen and oxygen atoms in total. The molecule has 0 fully saturated rings. The van der Waals surface area contributed by atoms with Crippen LogP contribution >= 0.6 is 0 Å². The van der Waals surface area contributed by atoms with Crippen LogP contribution in [0.15, 0.2) is 49.3 Å². The van der Waals surface area contributed by atoms with E-state index in [9.17, 15) is 9.18 Å². The zero-order valence-electron chi connectivity index (χ0n) is 13.5. The summed E-state index contributed by atoms with van der Waals surface area (Å²) in [6.45, 7) is 6.59. The van der Waals surface area contributed by atoms with Crippen molar-refractivity contribution < 1.29 is 13.9 Å². The van der Waals surface area contributed by atoms with Crippen LogP contribution in [-0.4, -0.2) is 28.5 Å². The number of halogens is 1. The molecular formula is C19H19FN2O2. The van der Waals surface area contributed by atoms with Crippen molar-refractivity contribution in [3.8, 4) is 0 Å². The molecule has 5 heteroatoms. The number of ether oxygens (including phenoxy) is 1. The number of esters is 1. The van der Waals surface area contributed by atoms with Crippen molar-refractivity contribution in [2.75, 3.05) is 6.61 Å². The maximum atomic E-state index is 14.1. The van der Waals surface area contributed by atoms with E-state index >= 15 is 0 Å². The van der Waals surface area contributed by atoms with Crippen LogP contribution in [0.5, 0.6) is 0 Å². The molecular weight excluding hydrogens is 307 g/mol. The number of aromatic nitrogens is 1. The molecule has 2 heterocycles. The number of hydrogen-bond acceptors (Lipinski definition) is 4. The van der Waals surface area contributed by atoms with Crippen LogP contribution in [0.1, 0.15) is 23.6 Å².